The molecule has 1 saturated heterocycles. The molecule has 0 spiro atoms. The van der Waals surface area contributed by atoms with E-state index in [0.29, 0.717) is 13.0 Å². The van der Waals surface area contributed by atoms with Crippen LogP contribution in [0, 0.1) is 0 Å². The average Bonchev–Trinajstić information content (AvgIpc) is 2.57. The molecule has 0 saturated carbocycles. The fourth-order valence-electron chi connectivity index (χ4n) is 2.90. The molecule has 24 heavy (non-hydrogen) atoms. The number of benzene rings is 1. The molecule has 1 aromatic carbocycles. The normalized spacial score (nSPS) is 15.8. The summed E-state index contributed by atoms with van der Waals surface area (Å²) in [6.45, 7) is 6.89. The molecule has 2 rings (SSSR count). The van der Waals surface area contributed by atoms with E-state index in [1.807, 2.05) is 43.0 Å². The maximum absolute atomic E-state index is 12.6. The topological polar surface area (TPSA) is 64.8 Å². The molecule has 1 heterocycles. The summed E-state index contributed by atoms with van der Waals surface area (Å²) in [4.78, 5) is 14.5. The molecule has 1 aliphatic heterocycles. The van der Waals surface area contributed by atoms with Crippen LogP contribution in [0.5, 0.6) is 5.75 Å². The molecule has 0 bridgehead atoms. The SMILES string of the molecule is CC(C)Oc1ccccc1CC(=O)N1CCC(OCCCN)CC1. The van der Waals surface area contributed by atoms with E-state index in [-0.39, 0.29) is 18.1 Å². The number of nitrogens with two attached hydrogens (primary N) is 1. The molecule has 5 heteroatoms. The number of amides is 1. The van der Waals surface area contributed by atoms with Gasteiger partial charge in [-0.05, 0) is 45.7 Å². The van der Waals surface area contributed by atoms with Crippen LogP contribution in [-0.4, -0.2) is 49.3 Å². The number of likely N-dealkylation sites (tertiary alicyclic amines) is 1. The zero-order valence-electron chi connectivity index (χ0n) is 14.9. The molecule has 1 aliphatic rings. The van der Waals surface area contributed by atoms with Gasteiger partial charge in [0, 0.05) is 25.3 Å². The van der Waals surface area contributed by atoms with Crippen LogP contribution in [0.3, 0.4) is 0 Å². The molecule has 0 radical (unpaired) electrons. The molecule has 0 aliphatic carbocycles. The third kappa shape index (κ3) is 5.80. The quantitative estimate of drug-likeness (QED) is 0.741. The van der Waals surface area contributed by atoms with Gasteiger partial charge in [0.2, 0.25) is 5.91 Å². The average molecular weight is 334 g/mol. The first kappa shape index (κ1) is 18.7. The second-order valence-electron chi connectivity index (χ2n) is 6.54. The van der Waals surface area contributed by atoms with Gasteiger partial charge in [-0.25, -0.2) is 0 Å². The van der Waals surface area contributed by atoms with Gasteiger partial charge in [0.25, 0.3) is 0 Å². The van der Waals surface area contributed by atoms with Crippen LogP contribution in [0.15, 0.2) is 24.3 Å². The maximum Gasteiger partial charge on any atom is 0.227 e. The highest BCUT2D eigenvalue weighted by molar-refractivity contribution is 5.79. The Labute approximate surface area is 145 Å². The van der Waals surface area contributed by atoms with Crippen LogP contribution >= 0.6 is 0 Å². The van der Waals surface area contributed by atoms with Crippen molar-refractivity contribution in [3.8, 4) is 5.75 Å². The molecule has 134 valence electrons. The number of rotatable bonds is 8. The molecule has 5 nitrogen and oxygen atoms in total. The molecule has 0 unspecified atom stereocenters. The third-order valence-corrected chi connectivity index (χ3v) is 4.17. The van der Waals surface area contributed by atoms with Crippen LogP contribution in [0.2, 0.25) is 0 Å². The van der Waals surface area contributed by atoms with Gasteiger partial charge in [-0.15, -0.1) is 0 Å². The minimum Gasteiger partial charge on any atom is -0.491 e. The van der Waals surface area contributed by atoms with Gasteiger partial charge >= 0.3 is 0 Å². The van der Waals surface area contributed by atoms with Crippen LogP contribution < -0.4 is 10.5 Å². The first-order valence-electron chi connectivity index (χ1n) is 8.94. The van der Waals surface area contributed by atoms with E-state index >= 15 is 0 Å². The van der Waals surface area contributed by atoms with E-state index in [4.69, 9.17) is 15.2 Å². The summed E-state index contributed by atoms with van der Waals surface area (Å²) in [7, 11) is 0. The zero-order valence-corrected chi connectivity index (χ0v) is 14.9. The summed E-state index contributed by atoms with van der Waals surface area (Å²) >= 11 is 0. The highest BCUT2D eigenvalue weighted by Gasteiger charge is 2.23. The van der Waals surface area contributed by atoms with Gasteiger partial charge in [0.05, 0.1) is 18.6 Å². The van der Waals surface area contributed by atoms with Gasteiger partial charge in [0.1, 0.15) is 5.75 Å². The van der Waals surface area contributed by atoms with Crippen LogP contribution in [0.1, 0.15) is 38.7 Å². The number of carbonyl (C=O) groups is 1. The van der Waals surface area contributed by atoms with Crippen molar-refractivity contribution in [3.05, 3.63) is 29.8 Å². The Hall–Kier alpha value is -1.59. The minimum atomic E-state index is 0.0997. The second-order valence-corrected chi connectivity index (χ2v) is 6.54. The number of piperidine rings is 1. The van der Waals surface area contributed by atoms with Crippen molar-refractivity contribution in [2.24, 2.45) is 5.73 Å². The van der Waals surface area contributed by atoms with E-state index in [1.165, 1.54) is 0 Å². The summed E-state index contributed by atoms with van der Waals surface area (Å²) in [6.07, 6.45) is 3.45. The van der Waals surface area contributed by atoms with Crippen molar-refractivity contribution >= 4 is 5.91 Å². The molecule has 1 fully saturated rings. The highest BCUT2D eigenvalue weighted by Crippen LogP contribution is 2.22. The van der Waals surface area contributed by atoms with E-state index in [9.17, 15) is 4.79 Å². The Bertz CT molecular complexity index is 511. The fourth-order valence-corrected chi connectivity index (χ4v) is 2.90. The van der Waals surface area contributed by atoms with Crippen molar-refractivity contribution < 1.29 is 14.3 Å². The van der Waals surface area contributed by atoms with Crippen molar-refractivity contribution in [1.29, 1.82) is 0 Å². The number of para-hydroxylation sites is 1. The Morgan fingerprint density at radius 2 is 2.00 bits per heavy atom. The first-order valence-corrected chi connectivity index (χ1v) is 8.94. The van der Waals surface area contributed by atoms with Gasteiger partial charge in [-0.3, -0.25) is 4.79 Å². The van der Waals surface area contributed by atoms with E-state index in [0.717, 1.165) is 50.3 Å². The lowest BCUT2D eigenvalue weighted by Gasteiger charge is -2.32. The zero-order chi connectivity index (χ0) is 17.4. The van der Waals surface area contributed by atoms with Gasteiger partial charge in [-0.1, -0.05) is 18.2 Å². The number of nitrogens with zero attached hydrogens (tertiary/aromatic N) is 1. The van der Waals surface area contributed by atoms with Crippen molar-refractivity contribution in [2.45, 2.75) is 51.7 Å². The predicted molar refractivity (Wildman–Crippen MR) is 95.1 cm³/mol. The van der Waals surface area contributed by atoms with E-state index < -0.39 is 0 Å². The highest BCUT2D eigenvalue weighted by atomic mass is 16.5. The summed E-state index contributed by atoms with van der Waals surface area (Å²) in [5.74, 6) is 0.969. The standard InChI is InChI=1S/C19H30N2O3/c1-15(2)24-18-7-4-3-6-16(18)14-19(22)21-11-8-17(9-12-21)23-13-5-10-20/h3-4,6-7,15,17H,5,8-14,20H2,1-2H3. The monoisotopic (exact) mass is 334 g/mol. The number of carbonyl (C=O) groups excluding carboxylic acids is 1. The van der Waals surface area contributed by atoms with E-state index in [1.54, 1.807) is 0 Å². The molecule has 1 amide bonds. The summed E-state index contributed by atoms with van der Waals surface area (Å²) in [6, 6.07) is 7.79. The molecule has 1 aromatic rings. The van der Waals surface area contributed by atoms with Crippen molar-refractivity contribution in [2.75, 3.05) is 26.2 Å². The third-order valence-electron chi connectivity index (χ3n) is 4.17. The number of hydrogen-bond donors (Lipinski definition) is 1. The number of hydrogen-bond acceptors (Lipinski definition) is 4. The number of ether oxygens (including phenoxy) is 2. The van der Waals surface area contributed by atoms with Gasteiger partial charge in [-0.2, -0.15) is 0 Å². The maximum atomic E-state index is 12.6. The summed E-state index contributed by atoms with van der Waals surface area (Å²) < 4.78 is 11.6. The van der Waals surface area contributed by atoms with Crippen molar-refractivity contribution in [3.63, 3.8) is 0 Å². The fraction of sp³-hybridized carbons (Fsp3) is 0.632. The van der Waals surface area contributed by atoms with Crippen LogP contribution in [-0.2, 0) is 16.0 Å². The minimum absolute atomic E-state index is 0.0997. The molecule has 0 aromatic heterocycles. The Morgan fingerprint density at radius 1 is 1.29 bits per heavy atom. The Balaban J connectivity index is 1.84. The lowest BCUT2D eigenvalue weighted by atomic mass is 10.1. The molecule has 0 atom stereocenters. The molecule has 2 N–H and O–H groups in total. The Morgan fingerprint density at radius 3 is 2.67 bits per heavy atom. The Kier molecular flexibility index (Phi) is 7.53. The second kappa shape index (κ2) is 9.64. The summed E-state index contributed by atoms with van der Waals surface area (Å²) in [5, 5.41) is 0. The lowest BCUT2D eigenvalue weighted by molar-refractivity contribution is -0.133. The van der Waals surface area contributed by atoms with Gasteiger partial charge < -0.3 is 20.1 Å². The van der Waals surface area contributed by atoms with Gasteiger partial charge in [0.15, 0.2) is 0 Å². The summed E-state index contributed by atoms with van der Waals surface area (Å²) in [5.41, 5.74) is 6.43. The smallest absolute Gasteiger partial charge is 0.227 e. The van der Waals surface area contributed by atoms with Crippen LogP contribution in [0.4, 0.5) is 0 Å². The predicted octanol–water partition coefficient (Wildman–Crippen LogP) is 2.37. The lowest BCUT2D eigenvalue weighted by Crippen LogP contribution is -2.41. The largest absolute Gasteiger partial charge is 0.491 e. The van der Waals surface area contributed by atoms with Crippen LogP contribution in [0.25, 0.3) is 0 Å². The van der Waals surface area contributed by atoms with E-state index in [2.05, 4.69) is 0 Å². The molecular formula is C19H30N2O3. The first-order chi connectivity index (χ1) is 11.6. The molecular weight excluding hydrogens is 304 g/mol. The van der Waals surface area contributed by atoms with Crippen molar-refractivity contribution in [1.82, 2.24) is 4.90 Å².